The van der Waals surface area contributed by atoms with Crippen molar-refractivity contribution in [2.75, 3.05) is 6.54 Å². The van der Waals surface area contributed by atoms with Crippen LogP contribution in [0.1, 0.15) is 30.8 Å². The summed E-state index contributed by atoms with van der Waals surface area (Å²) in [5, 5.41) is 13.4. The van der Waals surface area contributed by atoms with Gasteiger partial charge in [-0.15, -0.1) is 22.7 Å². The van der Waals surface area contributed by atoms with Crippen molar-refractivity contribution in [2.24, 2.45) is 0 Å². The molecule has 7 heteroatoms. The Hall–Kier alpha value is -1.73. The van der Waals surface area contributed by atoms with Crippen LogP contribution in [0.2, 0.25) is 0 Å². The minimum absolute atomic E-state index is 0.138. The van der Waals surface area contributed by atoms with E-state index in [0.717, 1.165) is 9.88 Å². The van der Waals surface area contributed by atoms with E-state index in [1.165, 1.54) is 16.2 Å². The van der Waals surface area contributed by atoms with Crippen LogP contribution in [0.15, 0.2) is 22.9 Å². The lowest BCUT2D eigenvalue weighted by Crippen LogP contribution is -2.42. The highest BCUT2D eigenvalue weighted by molar-refractivity contribution is 7.20. The first-order chi connectivity index (χ1) is 10.0. The van der Waals surface area contributed by atoms with Crippen molar-refractivity contribution < 1.29 is 14.7 Å². The summed E-state index contributed by atoms with van der Waals surface area (Å²) < 4.78 is 0. The molecule has 2 aromatic rings. The molecule has 0 aliphatic heterocycles. The highest BCUT2D eigenvalue weighted by Gasteiger charge is 2.25. The van der Waals surface area contributed by atoms with Gasteiger partial charge in [0, 0.05) is 11.4 Å². The van der Waals surface area contributed by atoms with Crippen LogP contribution in [0.3, 0.4) is 0 Å². The van der Waals surface area contributed by atoms with Crippen molar-refractivity contribution in [1.29, 1.82) is 0 Å². The Balaban J connectivity index is 2.22. The summed E-state index contributed by atoms with van der Waals surface area (Å²) in [6, 6.07) is 3.74. The third-order valence-corrected chi connectivity index (χ3v) is 5.03. The molecule has 0 fully saturated rings. The number of aliphatic carboxylic acids is 1. The van der Waals surface area contributed by atoms with E-state index in [2.05, 4.69) is 4.98 Å². The van der Waals surface area contributed by atoms with Gasteiger partial charge in [0.15, 0.2) is 0 Å². The Morgan fingerprint density at radius 1 is 1.43 bits per heavy atom. The number of hydrogen-bond acceptors (Lipinski definition) is 5. The van der Waals surface area contributed by atoms with Gasteiger partial charge in [0.1, 0.15) is 17.2 Å². The zero-order valence-corrected chi connectivity index (χ0v) is 13.4. The number of carboxylic acids is 1. The van der Waals surface area contributed by atoms with Crippen LogP contribution < -0.4 is 0 Å². The third kappa shape index (κ3) is 3.68. The van der Waals surface area contributed by atoms with Gasteiger partial charge in [-0.25, -0.2) is 4.98 Å². The number of nitrogens with zero attached hydrogens (tertiary/aromatic N) is 2. The maximum absolute atomic E-state index is 12.5. The Bertz CT molecular complexity index is 622. The molecule has 1 atom stereocenters. The van der Waals surface area contributed by atoms with Crippen LogP contribution in [-0.2, 0) is 4.79 Å². The average molecular weight is 324 g/mol. The zero-order chi connectivity index (χ0) is 15.4. The number of aromatic nitrogens is 1. The summed E-state index contributed by atoms with van der Waals surface area (Å²) in [7, 11) is 0. The van der Waals surface area contributed by atoms with E-state index < -0.39 is 5.97 Å². The van der Waals surface area contributed by atoms with E-state index in [4.69, 9.17) is 5.11 Å². The van der Waals surface area contributed by atoms with E-state index in [1.807, 2.05) is 31.4 Å². The second kappa shape index (κ2) is 6.82. The fraction of sp³-hybridized carbons (Fsp3) is 0.357. The molecular formula is C14H16N2O3S2. The topological polar surface area (TPSA) is 70.5 Å². The Morgan fingerprint density at radius 3 is 2.76 bits per heavy atom. The molecule has 1 unspecified atom stereocenters. The summed E-state index contributed by atoms with van der Waals surface area (Å²) in [5.74, 6) is -1.34. The van der Waals surface area contributed by atoms with Gasteiger partial charge in [-0.05, 0) is 24.8 Å². The van der Waals surface area contributed by atoms with Gasteiger partial charge in [0.2, 0.25) is 0 Å². The maximum atomic E-state index is 12.5. The van der Waals surface area contributed by atoms with Gasteiger partial charge < -0.3 is 10.0 Å². The second-order valence-electron chi connectivity index (χ2n) is 4.60. The number of carboxylic acid groups (broad SMARTS) is 1. The highest BCUT2D eigenvalue weighted by atomic mass is 32.1. The molecule has 2 heterocycles. The van der Waals surface area contributed by atoms with E-state index >= 15 is 0 Å². The van der Waals surface area contributed by atoms with Crippen LogP contribution in [0.5, 0.6) is 0 Å². The fourth-order valence-electron chi connectivity index (χ4n) is 1.83. The maximum Gasteiger partial charge on any atom is 0.323 e. The van der Waals surface area contributed by atoms with E-state index in [-0.39, 0.29) is 18.5 Å². The molecular weight excluding hydrogens is 308 g/mol. The zero-order valence-electron chi connectivity index (χ0n) is 11.8. The number of thiophene rings is 1. The monoisotopic (exact) mass is 324 g/mol. The normalized spacial score (nSPS) is 12.1. The lowest BCUT2D eigenvalue weighted by Gasteiger charge is -2.26. The van der Waals surface area contributed by atoms with Gasteiger partial charge >= 0.3 is 5.97 Å². The molecule has 112 valence electrons. The van der Waals surface area contributed by atoms with Gasteiger partial charge in [0.05, 0.1) is 4.88 Å². The second-order valence-corrected chi connectivity index (χ2v) is 6.41. The summed E-state index contributed by atoms with van der Waals surface area (Å²) in [4.78, 5) is 30.1. The molecule has 21 heavy (non-hydrogen) atoms. The molecule has 0 radical (unpaired) electrons. The van der Waals surface area contributed by atoms with Crippen LogP contribution in [0.25, 0.3) is 9.88 Å². The van der Waals surface area contributed by atoms with Crippen LogP contribution in [0.4, 0.5) is 0 Å². The molecule has 2 rings (SSSR count). The van der Waals surface area contributed by atoms with Crippen LogP contribution >= 0.6 is 22.7 Å². The molecule has 0 saturated heterocycles. The molecule has 0 aliphatic rings. The van der Waals surface area contributed by atoms with Crippen molar-refractivity contribution in [3.63, 3.8) is 0 Å². The van der Waals surface area contributed by atoms with Crippen molar-refractivity contribution in [3.05, 3.63) is 28.6 Å². The minimum Gasteiger partial charge on any atom is -0.480 e. The smallest absolute Gasteiger partial charge is 0.323 e. The summed E-state index contributed by atoms with van der Waals surface area (Å²) in [6.45, 7) is 3.46. The predicted octanol–water partition coefficient (Wildman–Crippen LogP) is 3.20. The Morgan fingerprint density at radius 2 is 2.19 bits per heavy atom. The molecule has 5 nitrogen and oxygen atoms in total. The van der Waals surface area contributed by atoms with Gasteiger partial charge in [-0.1, -0.05) is 13.0 Å². The summed E-state index contributed by atoms with van der Waals surface area (Å²) >= 11 is 2.96. The predicted molar refractivity (Wildman–Crippen MR) is 83.9 cm³/mol. The molecule has 0 aromatic carbocycles. The standard InChI is InChI=1S/C14H16N2O3S2/c1-3-9(2)16(7-12(17)18)14(19)10-8-21-13(15-10)11-5-4-6-20-11/h4-6,8-9H,3,7H2,1-2H3,(H,17,18). The summed E-state index contributed by atoms with van der Waals surface area (Å²) in [6.07, 6.45) is 0.695. The summed E-state index contributed by atoms with van der Waals surface area (Å²) in [5.41, 5.74) is 0.310. The van der Waals surface area contributed by atoms with Crippen molar-refractivity contribution in [2.45, 2.75) is 26.3 Å². The number of amides is 1. The number of carbonyl (C=O) groups excluding carboxylic acids is 1. The molecule has 0 saturated carbocycles. The molecule has 1 N–H and O–H groups in total. The molecule has 0 spiro atoms. The number of thiazole rings is 1. The Labute approximate surface area is 130 Å². The first-order valence-electron chi connectivity index (χ1n) is 6.55. The quantitative estimate of drug-likeness (QED) is 0.886. The minimum atomic E-state index is -1.02. The van der Waals surface area contributed by atoms with Gasteiger partial charge in [-0.3, -0.25) is 9.59 Å². The molecule has 0 bridgehead atoms. The van der Waals surface area contributed by atoms with Gasteiger partial charge in [-0.2, -0.15) is 0 Å². The number of rotatable bonds is 6. The van der Waals surface area contributed by atoms with Gasteiger partial charge in [0.25, 0.3) is 5.91 Å². The molecule has 1 amide bonds. The molecule has 0 aliphatic carbocycles. The van der Waals surface area contributed by atoms with E-state index in [9.17, 15) is 9.59 Å². The van der Waals surface area contributed by atoms with Crippen molar-refractivity contribution >= 4 is 34.6 Å². The van der Waals surface area contributed by atoms with Crippen molar-refractivity contribution in [1.82, 2.24) is 9.88 Å². The number of carbonyl (C=O) groups is 2. The first-order valence-corrected chi connectivity index (χ1v) is 8.31. The average Bonchev–Trinajstić information content (AvgIpc) is 3.12. The number of hydrogen-bond donors (Lipinski definition) is 1. The van der Waals surface area contributed by atoms with Crippen LogP contribution in [-0.4, -0.2) is 39.5 Å². The SMILES string of the molecule is CCC(C)N(CC(=O)O)C(=O)c1csc(-c2cccs2)n1. The van der Waals surface area contributed by atoms with Crippen LogP contribution in [0, 0.1) is 0 Å². The van der Waals surface area contributed by atoms with E-state index in [0.29, 0.717) is 12.1 Å². The lowest BCUT2D eigenvalue weighted by atomic mass is 10.2. The van der Waals surface area contributed by atoms with Crippen molar-refractivity contribution in [3.8, 4) is 9.88 Å². The van der Waals surface area contributed by atoms with E-state index in [1.54, 1.807) is 16.7 Å². The third-order valence-electron chi connectivity index (χ3n) is 3.14. The Kier molecular flexibility index (Phi) is 5.08. The lowest BCUT2D eigenvalue weighted by molar-refractivity contribution is -0.138. The highest BCUT2D eigenvalue weighted by Crippen LogP contribution is 2.28. The largest absolute Gasteiger partial charge is 0.480 e. The first kappa shape index (κ1) is 15.7. The molecule has 2 aromatic heterocycles. The fourth-order valence-corrected chi connectivity index (χ4v) is 3.43.